The normalized spacial score (nSPS) is 20.0. The van der Waals surface area contributed by atoms with Crippen molar-refractivity contribution in [3.63, 3.8) is 0 Å². The number of methoxy groups -OCH3 is 2. The first kappa shape index (κ1) is 8.11. The fourth-order valence-electron chi connectivity index (χ4n) is 2.09. The lowest BCUT2D eigenvalue weighted by Gasteiger charge is -2.11. The molecule has 7 heteroatoms. The molecule has 2 heterocycles. The van der Waals surface area contributed by atoms with Gasteiger partial charge >= 0.3 is 0 Å². The van der Waals surface area contributed by atoms with Crippen LogP contribution < -0.4 is 9.47 Å². The van der Waals surface area contributed by atoms with Crippen LogP contribution in [0.4, 0.5) is 0 Å². The molecule has 0 aliphatic rings. The number of nitrogens with one attached hydrogen (secondary N) is 1. The first-order valence-corrected chi connectivity index (χ1v) is 7.99. The van der Waals surface area contributed by atoms with Crippen molar-refractivity contribution in [3.8, 4) is 11.5 Å². The summed E-state index contributed by atoms with van der Waals surface area (Å²) in [6.07, 6.45) is -0.909. The molecule has 0 bridgehead atoms. The van der Waals surface area contributed by atoms with Gasteiger partial charge in [-0.05, 0) is 25.8 Å². The van der Waals surface area contributed by atoms with Crippen molar-refractivity contribution in [2.24, 2.45) is 0 Å². The van der Waals surface area contributed by atoms with Gasteiger partial charge < -0.3 is 14.5 Å². The van der Waals surface area contributed by atoms with E-state index in [2.05, 4.69) is 15.0 Å². The number of aromatic amines is 1. The average molecular weight is 355 g/mol. The van der Waals surface area contributed by atoms with Crippen molar-refractivity contribution in [3.05, 3.63) is 41.2 Å². The molecule has 6 nitrogen and oxygen atoms in total. The van der Waals surface area contributed by atoms with Crippen LogP contribution in [0.15, 0.2) is 29.5 Å². The van der Waals surface area contributed by atoms with Crippen LogP contribution in [0.5, 0.6) is 11.5 Å². The van der Waals surface area contributed by atoms with E-state index in [9.17, 15) is 4.21 Å². The molecule has 0 amide bonds. The van der Waals surface area contributed by atoms with Crippen LogP contribution in [-0.2, 0) is 16.6 Å². The number of fused-ring (bicyclic) bond motifs is 1. The van der Waals surface area contributed by atoms with E-state index in [0.717, 1.165) is 0 Å². The van der Waals surface area contributed by atoms with Crippen LogP contribution in [0.3, 0.4) is 0 Å². The zero-order chi connectivity index (χ0) is 25.6. The SMILES string of the molecule is [2H]c1nc(CS(=O)c2nc3ccc(OC)cc3[nH]2)c(C([2H])([2H])[2H])c(OC([2H])([2H])[2H])c1C([2H])([2H])[2H]. The number of nitrogens with zero attached hydrogens (tertiary/aromatic N) is 2. The summed E-state index contributed by atoms with van der Waals surface area (Å²) < 4.78 is 99.6. The van der Waals surface area contributed by atoms with Gasteiger partial charge in [0.15, 0.2) is 5.16 Å². The van der Waals surface area contributed by atoms with Crippen LogP contribution >= 0.6 is 0 Å². The highest BCUT2D eigenvalue weighted by molar-refractivity contribution is 7.84. The molecule has 0 radical (unpaired) electrons. The maximum Gasteiger partial charge on any atom is 0.197 e. The highest BCUT2D eigenvalue weighted by Gasteiger charge is 2.16. The summed E-state index contributed by atoms with van der Waals surface area (Å²) >= 11 is 0. The molecule has 0 saturated heterocycles. The molecule has 24 heavy (non-hydrogen) atoms. The fraction of sp³-hybridized carbons (Fsp3) is 0.294. The lowest BCUT2D eigenvalue weighted by Crippen LogP contribution is -2.05. The van der Waals surface area contributed by atoms with Gasteiger partial charge in [-0.2, -0.15) is 0 Å². The molecule has 0 aliphatic heterocycles. The third kappa shape index (κ3) is 2.99. The molecule has 3 rings (SSSR count). The van der Waals surface area contributed by atoms with Gasteiger partial charge in [0.05, 0.1) is 52.9 Å². The molecule has 0 saturated carbocycles. The Hall–Kier alpha value is -2.41. The van der Waals surface area contributed by atoms with Gasteiger partial charge in [0.25, 0.3) is 0 Å². The highest BCUT2D eigenvalue weighted by Crippen LogP contribution is 2.26. The quantitative estimate of drug-likeness (QED) is 0.761. The molecule has 1 aromatic carbocycles. The van der Waals surface area contributed by atoms with Gasteiger partial charge in [0.2, 0.25) is 0 Å². The molecular weight excluding hydrogens is 326 g/mol. The van der Waals surface area contributed by atoms with Crippen molar-refractivity contribution >= 4 is 21.8 Å². The number of H-pyrrole nitrogens is 1. The first-order valence-electron chi connectivity index (χ1n) is 11.7. The molecule has 1 unspecified atom stereocenters. The van der Waals surface area contributed by atoms with E-state index in [-0.39, 0.29) is 5.16 Å². The lowest BCUT2D eigenvalue weighted by molar-refractivity contribution is 0.407. The Bertz CT molecular complexity index is 1250. The van der Waals surface area contributed by atoms with E-state index in [1.807, 2.05) is 0 Å². The summed E-state index contributed by atoms with van der Waals surface area (Å²) in [6.45, 7) is -6.19. The molecule has 1 N–H and O–H groups in total. The number of aromatic nitrogens is 3. The summed E-state index contributed by atoms with van der Waals surface area (Å²) in [5, 5.41) is -0.0359. The average Bonchev–Trinajstić information content (AvgIpc) is 3.07. The van der Waals surface area contributed by atoms with Crippen molar-refractivity contribution in [2.45, 2.75) is 24.6 Å². The number of ether oxygens (including phenoxy) is 2. The van der Waals surface area contributed by atoms with Crippen molar-refractivity contribution in [1.29, 1.82) is 0 Å². The van der Waals surface area contributed by atoms with Crippen LogP contribution in [0.25, 0.3) is 11.0 Å². The molecule has 0 aliphatic carbocycles. The van der Waals surface area contributed by atoms with Crippen molar-refractivity contribution in [2.75, 3.05) is 14.1 Å². The third-order valence-electron chi connectivity index (χ3n) is 3.30. The Kier molecular flexibility index (Phi) is 2.23. The molecule has 0 fully saturated rings. The van der Waals surface area contributed by atoms with Crippen molar-refractivity contribution < 1.29 is 27.4 Å². The zero-order valence-corrected chi connectivity index (χ0v) is 13.3. The van der Waals surface area contributed by atoms with Crippen molar-refractivity contribution in [1.82, 2.24) is 15.0 Å². The molecule has 1 atom stereocenters. The van der Waals surface area contributed by atoms with Gasteiger partial charge in [-0.3, -0.25) is 9.19 Å². The number of rotatable bonds is 5. The van der Waals surface area contributed by atoms with E-state index < -0.39 is 66.0 Å². The summed E-state index contributed by atoms with van der Waals surface area (Å²) in [5.41, 5.74) is -1.30. The third-order valence-corrected chi connectivity index (χ3v) is 4.46. The largest absolute Gasteiger partial charge is 0.497 e. The monoisotopic (exact) mass is 355 g/mol. The zero-order valence-electron chi connectivity index (χ0n) is 22.5. The number of hydrogen-bond acceptors (Lipinski definition) is 5. The second-order valence-corrected chi connectivity index (χ2v) is 6.13. The van der Waals surface area contributed by atoms with Gasteiger partial charge in [0, 0.05) is 31.6 Å². The van der Waals surface area contributed by atoms with Crippen LogP contribution in [0.2, 0.25) is 0 Å². The van der Waals surface area contributed by atoms with E-state index >= 15 is 0 Å². The maximum atomic E-state index is 13.0. The van der Waals surface area contributed by atoms with E-state index in [1.165, 1.54) is 7.11 Å². The van der Waals surface area contributed by atoms with E-state index in [0.29, 0.717) is 16.8 Å². The summed E-state index contributed by atoms with van der Waals surface area (Å²) in [7, 11) is -3.78. The van der Waals surface area contributed by atoms with Crippen LogP contribution in [0.1, 0.15) is 30.5 Å². The predicted octanol–water partition coefficient (Wildman–Crippen LogP) is 2.90. The molecular formula is C17H19N3O3S. The van der Waals surface area contributed by atoms with E-state index in [1.54, 1.807) is 18.2 Å². The lowest BCUT2D eigenvalue weighted by atomic mass is 10.1. The molecule has 2 aromatic heterocycles. The molecule has 0 spiro atoms. The second-order valence-electron chi connectivity index (χ2n) is 4.77. The van der Waals surface area contributed by atoms with E-state index in [4.69, 9.17) is 23.2 Å². The number of imidazole rings is 1. The smallest absolute Gasteiger partial charge is 0.197 e. The predicted molar refractivity (Wildman–Crippen MR) is 93.0 cm³/mol. The Morgan fingerprint density at radius 2 is 2.29 bits per heavy atom. The number of benzene rings is 1. The molecule has 3 aromatic rings. The van der Waals surface area contributed by atoms with Gasteiger partial charge in [-0.15, -0.1) is 0 Å². The Morgan fingerprint density at radius 3 is 3.04 bits per heavy atom. The Labute approximate surface area is 156 Å². The number of pyridine rings is 1. The summed E-state index contributed by atoms with van der Waals surface area (Å²) in [5.74, 6) is -1.10. The number of hydrogen-bond donors (Lipinski definition) is 1. The minimum atomic E-state index is -3.22. The minimum Gasteiger partial charge on any atom is -0.497 e. The molecule has 126 valence electrons. The Morgan fingerprint density at radius 1 is 1.38 bits per heavy atom. The summed E-state index contributed by atoms with van der Waals surface area (Å²) in [4.78, 5) is 10.8. The fourth-order valence-corrected chi connectivity index (χ4v) is 3.10. The summed E-state index contributed by atoms with van der Waals surface area (Å²) in [6, 6.07) is 4.87. The minimum absolute atomic E-state index is 0.0359. The highest BCUT2D eigenvalue weighted by atomic mass is 32.2. The Balaban J connectivity index is 2.16. The van der Waals surface area contributed by atoms with Gasteiger partial charge in [0.1, 0.15) is 11.5 Å². The standard InChI is InChI=1S/C17H19N3O3S/c1-10-8-18-15(11(2)16(10)23-4)9-24(21)17-19-13-6-5-12(22-3)7-14(13)20-17/h5-8H,9H2,1-4H3,(H,19,20)/i1D3,2D3,4D3,8D. The second kappa shape index (κ2) is 6.60. The maximum absolute atomic E-state index is 13.0. The first-order chi connectivity index (χ1) is 15.5. The topological polar surface area (TPSA) is 77.1 Å². The van der Waals surface area contributed by atoms with Gasteiger partial charge in [-0.25, -0.2) is 4.98 Å². The van der Waals surface area contributed by atoms with Crippen LogP contribution in [0, 0.1) is 13.7 Å². The van der Waals surface area contributed by atoms with Gasteiger partial charge in [-0.1, -0.05) is 0 Å². The van der Waals surface area contributed by atoms with Crippen LogP contribution in [-0.4, -0.2) is 33.3 Å².